The van der Waals surface area contributed by atoms with Crippen molar-refractivity contribution in [3.63, 3.8) is 0 Å². The number of hydrogen-bond acceptors (Lipinski definition) is 15. The minimum atomic E-state index is -4.95. The summed E-state index contributed by atoms with van der Waals surface area (Å²) in [5.41, 5.74) is 0. The average molecular weight is 1330 g/mol. The molecule has 17 nitrogen and oxygen atoms in total. The fourth-order valence-electron chi connectivity index (χ4n) is 10.8. The van der Waals surface area contributed by atoms with Gasteiger partial charge in [-0.15, -0.1) is 0 Å². The molecule has 0 amide bonds. The van der Waals surface area contributed by atoms with Gasteiger partial charge in [-0.2, -0.15) is 0 Å². The molecule has 5 atom stereocenters. The van der Waals surface area contributed by atoms with E-state index in [1.54, 1.807) is 0 Å². The predicted molar refractivity (Wildman–Crippen MR) is 363 cm³/mol. The Morgan fingerprint density at radius 3 is 0.756 bits per heavy atom. The van der Waals surface area contributed by atoms with E-state index in [2.05, 4.69) is 34.6 Å². The topological polar surface area (TPSA) is 237 Å². The molecule has 0 aliphatic carbocycles. The highest BCUT2D eigenvalue weighted by molar-refractivity contribution is 7.47. The largest absolute Gasteiger partial charge is 0.472 e. The van der Waals surface area contributed by atoms with Crippen LogP contribution in [0.4, 0.5) is 0 Å². The number of phosphoric ester groups is 2. The highest BCUT2D eigenvalue weighted by Gasteiger charge is 2.30. The zero-order valence-corrected chi connectivity index (χ0v) is 60.1. The minimum absolute atomic E-state index is 0.107. The van der Waals surface area contributed by atoms with E-state index in [1.807, 2.05) is 0 Å². The summed E-state index contributed by atoms with van der Waals surface area (Å²) in [6.07, 6.45) is 51.1. The summed E-state index contributed by atoms with van der Waals surface area (Å²) < 4.78 is 68.3. The first-order chi connectivity index (χ1) is 43.5. The first-order valence-corrected chi connectivity index (χ1v) is 40.1. The standard InChI is InChI=1S/C71H138O17P2/c1-6-9-12-15-18-21-24-26-31-35-40-45-50-55-69(74)82-61-67(88-71(76)57-52-47-42-37-32-28-25-27-30-33-38-43-48-53-64(4)5)63-86-90(79,80)84-59-65(72)58-83-89(77,78)85-62-66(60-81-68(73)54-49-44-39-34-23-20-17-14-11-8-3)87-70(75)56-51-46-41-36-29-22-19-16-13-10-7-2/h64-67,72H,6-63H2,1-5H3,(H,77,78)(H,79,80)/t65-,66+,67+/m0/s1. The van der Waals surface area contributed by atoms with Crippen molar-refractivity contribution in [1.82, 2.24) is 0 Å². The van der Waals surface area contributed by atoms with Gasteiger partial charge in [0, 0.05) is 25.7 Å². The van der Waals surface area contributed by atoms with Crippen LogP contribution >= 0.6 is 15.6 Å². The second-order valence-electron chi connectivity index (χ2n) is 26.1. The van der Waals surface area contributed by atoms with Gasteiger partial charge in [0.15, 0.2) is 12.2 Å². The number of ether oxygens (including phenoxy) is 4. The molecule has 0 radical (unpaired) electrons. The van der Waals surface area contributed by atoms with E-state index in [1.165, 1.54) is 193 Å². The molecule has 19 heteroatoms. The minimum Gasteiger partial charge on any atom is -0.462 e. The lowest BCUT2D eigenvalue weighted by molar-refractivity contribution is -0.161. The lowest BCUT2D eigenvalue weighted by Gasteiger charge is -2.21. The fraction of sp³-hybridized carbons (Fsp3) is 0.944. The molecule has 2 unspecified atom stereocenters. The number of rotatable bonds is 71. The molecule has 3 N–H and O–H groups in total. The number of esters is 4. The van der Waals surface area contributed by atoms with Crippen LogP contribution in [0, 0.1) is 5.92 Å². The van der Waals surface area contributed by atoms with E-state index in [0.717, 1.165) is 95.8 Å². The van der Waals surface area contributed by atoms with Crippen molar-refractivity contribution < 1.29 is 80.2 Å². The molecule has 0 saturated heterocycles. The molecular formula is C71H138O17P2. The molecule has 90 heavy (non-hydrogen) atoms. The summed E-state index contributed by atoms with van der Waals surface area (Å²) in [6.45, 7) is 7.26. The quantitative estimate of drug-likeness (QED) is 0.0222. The predicted octanol–water partition coefficient (Wildman–Crippen LogP) is 20.5. The zero-order valence-electron chi connectivity index (χ0n) is 58.3. The van der Waals surface area contributed by atoms with Gasteiger partial charge in [0.25, 0.3) is 0 Å². The normalized spacial score (nSPS) is 14.1. The molecule has 0 spiro atoms. The van der Waals surface area contributed by atoms with E-state index in [-0.39, 0.29) is 25.7 Å². The second kappa shape index (κ2) is 64.4. The van der Waals surface area contributed by atoms with Gasteiger partial charge in [0.1, 0.15) is 19.3 Å². The number of unbranched alkanes of at least 4 members (excludes halogenated alkanes) is 43. The first-order valence-electron chi connectivity index (χ1n) is 37.1. The maximum Gasteiger partial charge on any atom is 0.472 e. The van der Waals surface area contributed by atoms with Crippen molar-refractivity contribution in [3.8, 4) is 0 Å². The van der Waals surface area contributed by atoms with Crippen LogP contribution in [-0.4, -0.2) is 96.7 Å². The Morgan fingerprint density at radius 2 is 0.511 bits per heavy atom. The van der Waals surface area contributed by atoms with Crippen molar-refractivity contribution in [2.45, 2.75) is 387 Å². The Bertz CT molecular complexity index is 1740. The van der Waals surface area contributed by atoms with E-state index in [4.69, 9.17) is 37.0 Å². The number of aliphatic hydroxyl groups excluding tert-OH is 1. The summed E-state index contributed by atoms with van der Waals surface area (Å²) in [4.78, 5) is 72.6. The van der Waals surface area contributed by atoms with Crippen LogP contribution in [0.2, 0.25) is 0 Å². The summed E-state index contributed by atoms with van der Waals surface area (Å²) in [5, 5.41) is 10.6. The number of aliphatic hydroxyl groups is 1. The van der Waals surface area contributed by atoms with Gasteiger partial charge in [-0.05, 0) is 31.6 Å². The molecule has 0 aliphatic rings. The average Bonchev–Trinajstić information content (AvgIpc) is 3.16. The van der Waals surface area contributed by atoms with E-state index in [0.29, 0.717) is 25.7 Å². The number of hydrogen-bond donors (Lipinski definition) is 3. The second-order valence-corrected chi connectivity index (χ2v) is 29.0. The molecule has 0 saturated carbocycles. The van der Waals surface area contributed by atoms with Gasteiger partial charge in [-0.1, -0.05) is 317 Å². The lowest BCUT2D eigenvalue weighted by Crippen LogP contribution is -2.30. The number of carbonyl (C=O) groups excluding carboxylic acids is 4. The van der Waals surface area contributed by atoms with Crippen molar-refractivity contribution in [3.05, 3.63) is 0 Å². The van der Waals surface area contributed by atoms with E-state index in [9.17, 15) is 43.2 Å². The molecule has 0 bridgehead atoms. The maximum absolute atomic E-state index is 13.0. The van der Waals surface area contributed by atoms with Crippen LogP contribution in [0.15, 0.2) is 0 Å². The van der Waals surface area contributed by atoms with Gasteiger partial charge >= 0.3 is 39.5 Å². The smallest absolute Gasteiger partial charge is 0.462 e. The monoisotopic (exact) mass is 1320 g/mol. The molecule has 0 aromatic carbocycles. The SMILES string of the molecule is CCCCCCCCCCCCCCCC(=O)OC[C@H](COP(=O)(O)OC[C@@H](O)COP(=O)(O)OC[C@@H](COC(=O)CCCCCCCCCCCC)OC(=O)CCCCCCCCCCCCC)OC(=O)CCCCCCCCCCCCCCCC(C)C. The Hall–Kier alpha value is -1.94. The number of phosphoric acid groups is 2. The third-order valence-corrected chi connectivity index (χ3v) is 18.4. The molecule has 534 valence electrons. The maximum atomic E-state index is 13.0. The van der Waals surface area contributed by atoms with Gasteiger partial charge in [0.05, 0.1) is 26.4 Å². The molecule has 0 rings (SSSR count). The van der Waals surface area contributed by atoms with E-state index < -0.39 is 97.5 Å². The third kappa shape index (κ3) is 64.8. The Balaban J connectivity index is 5.24. The van der Waals surface area contributed by atoms with Crippen LogP contribution in [0.3, 0.4) is 0 Å². The van der Waals surface area contributed by atoms with Crippen molar-refractivity contribution in [1.29, 1.82) is 0 Å². The molecule has 0 aromatic heterocycles. The van der Waals surface area contributed by atoms with Crippen molar-refractivity contribution >= 4 is 39.5 Å². The summed E-state index contributed by atoms with van der Waals surface area (Å²) in [7, 11) is -9.90. The van der Waals surface area contributed by atoms with Crippen molar-refractivity contribution in [2.24, 2.45) is 5.92 Å². The van der Waals surface area contributed by atoms with Gasteiger partial charge in [0.2, 0.25) is 0 Å². The Labute approximate surface area is 549 Å². The van der Waals surface area contributed by atoms with E-state index >= 15 is 0 Å². The summed E-state index contributed by atoms with van der Waals surface area (Å²) in [5.74, 6) is -1.33. The third-order valence-electron chi connectivity index (χ3n) is 16.5. The Kier molecular flexibility index (Phi) is 63.0. The molecule has 0 aromatic rings. The molecule has 0 heterocycles. The van der Waals surface area contributed by atoms with Gasteiger partial charge < -0.3 is 33.8 Å². The van der Waals surface area contributed by atoms with Crippen LogP contribution in [-0.2, 0) is 65.4 Å². The Morgan fingerprint density at radius 1 is 0.300 bits per heavy atom. The first kappa shape index (κ1) is 88.1. The van der Waals surface area contributed by atoms with Crippen LogP contribution in [0.25, 0.3) is 0 Å². The van der Waals surface area contributed by atoms with Crippen molar-refractivity contribution in [2.75, 3.05) is 39.6 Å². The fourth-order valence-corrected chi connectivity index (χ4v) is 12.4. The van der Waals surface area contributed by atoms with Crippen LogP contribution < -0.4 is 0 Å². The lowest BCUT2D eigenvalue weighted by atomic mass is 10.0. The van der Waals surface area contributed by atoms with Gasteiger partial charge in [-0.3, -0.25) is 37.3 Å². The van der Waals surface area contributed by atoms with Gasteiger partial charge in [-0.25, -0.2) is 9.13 Å². The van der Waals surface area contributed by atoms with Crippen LogP contribution in [0.5, 0.6) is 0 Å². The molecule has 0 fully saturated rings. The summed E-state index contributed by atoms with van der Waals surface area (Å²) >= 11 is 0. The summed E-state index contributed by atoms with van der Waals surface area (Å²) in [6, 6.07) is 0. The number of carbonyl (C=O) groups is 4. The zero-order chi connectivity index (χ0) is 66.3. The molecule has 0 aliphatic heterocycles. The molecular weight excluding hydrogens is 1190 g/mol. The van der Waals surface area contributed by atoms with Crippen LogP contribution in [0.1, 0.15) is 369 Å². The highest BCUT2D eigenvalue weighted by Crippen LogP contribution is 2.45. The highest BCUT2D eigenvalue weighted by atomic mass is 31.2.